The Morgan fingerprint density at radius 2 is 2.07 bits per heavy atom. The molecule has 1 aliphatic carbocycles. The second kappa shape index (κ2) is 7.40. The van der Waals surface area contributed by atoms with Crippen molar-refractivity contribution in [2.45, 2.75) is 31.8 Å². The van der Waals surface area contributed by atoms with Crippen LogP contribution in [-0.2, 0) is 19.4 Å². The van der Waals surface area contributed by atoms with Gasteiger partial charge in [-0.15, -0.1) is 0 Å². The maximum atomic E-state index is 12.9. The summed E-state index contributed by atoms with van der Waals surface area (Å²) in [6, 6.07) is 12.3. The second-order valence-electron chi connectivity index (χ2n) is 7.13. The van der Waals surface area contributed by atoms with E-state index in [9.17, 15) is 14.9 Å². The zero-order valence-corrected chi connectivity index (χ0v) is 15.5. The van der Waals surface area contributed by atoms with Crippen LogP contribution >= 0.6 is 0 Å². The second-order valence-corrected chi connectivity index (χ2v) is 7.13. The van der Waals surface area contributed by atoms with E-state index >= 15 is 0 Å². The van der Waals surface area contributed by atoms with E-state index in [0.717, 1.165) is 29.7 Å². The van der Waals surface area contributed by atoms with Crippen molar-refractivity contribution < 1.29 is 4.92 Å². The third kappa shape index (κ3) is 3.46. The summed E-state index contributed by atoms with van der Waals surface area (Å²) in [5, 5.41) is 14.0. The molecule has 1 aromatic carbocycles. The van der Waals surface area contributed by atoms with E-state index in [0.29, 0.717) is 18.8 Å². The highest BCUT2D eigenvalue weighted by atomic mass is 16.6. The predicted molar refractivity (Wildman–Crippen MR) is 105 cm³/mol. The van der Waals surface area contributed by atoms with E-state index in [-0.39, 0.29) is 17.3 Å². The molecule has 144 valence electrons. The molecule has 0 bridgehead atoms. The first-order valence-corrected chi connectivity index (χ1v) is 9.20. The number of pyridine rings is 1. The molecule has 1 unspecified atom stereocenters. The van der Waals surface area contributed by atoms with Gasteiger partial charge >= 0.3 is 0 Å². The Bertz CT molecular complexity index is 1040. The molecule has 0 aliphatic heterocycles. The fourth-order valence-electron chi connectivity index (χ4n) is 3.75. The number of benzene rings is 1. The Morgan fingerprint density at radius 3 is 2.75 bits per heavy atom. The zero-order chi connectivity index (χ0) is 19.7. The van der Waals surface area contributed by atoms with E-state index in [1.807, 2.05) is 25.2 Å². The minimum Gasteiger partial charge on any atom is -0.299 e. The first-order chi connectivity index (χ1) is 13.5. The van der Waals surface area contributed by atoms with Crippen molar-refractivity contribution in [1.82, 2.24) is 19.7 Å². The molecule has 0 fully saturated rings. The van der Waals surface area contributed by atoms with Crippen LogP contribution in [0.5, 0.6) is 0 Å². The summed E-state index contributed by atoms with van der Waals surface area (Å²) in [6.45, 7) is 0.677. The minimum absolute atomic E-state index is 0.0397. The van der Waals surface area contributed by atoms with Crippen molar-refractivity contribution in [2.75, 3.05) is 7.05 Å². The number of fused-ring (bicyclic) bond motifs is 1. The highest BCUT2D eigenvalue weighted by Gasteiger charge is 2.27. The van der Waals surface area contributed by atoms with E-state index in [2.05, 4.69) is 15.0 Å². The van der Waals surface area contributed by atoms with Crippen LogP contribution in [0.2, 0.25) is 0 Å². The van der Waals surface area contributed by atoms with Crippen molar-refractivity contribution in [3.05, 3.63) is 86.0 Å². The lowest BCUT2D eigenvalue weighted by atomic mass is 9.92. The minimum atomic E-state index is -0.394. The average Bonchev–Trinajstić information content (AvgIpc) is 3.05. The van der Waals surface area contributed by atoms with E-state index in [1.54, 1.807) is 18.3 Å². The molecular formula is C20H21N5O3. The van der Waals surface area contributed by atoms with Crippen LogP contribution in [-0.4, -0.2) is 37.7 Å². The first kappa shape index (κ1) is 18.1. The van der Waals surface area contributed by atoms with Gasteiger partial charge in [-0.3, -0.25) is 24.9 Å². The molecule has 0 spiro atoms. The summed E-state index contributed by atoms with van der Waals surface area (Å²) >= 11 is 0. The number of non-ortho nitro benzene ring substituents is 1. The van der Waals surface area contributed by atoms with Crippen LogP contribution in [0.1, 0.15) is 23.2 Å². The Kier molecular flexibility index (Phi) is 4.79. The average molecular weight is 379 g/mol. The van der Waals surface area contributed by atoms with Gasteiger partial charge in [-0.25, -0.2) is 9.67 Å². The number of rotatable bonds is 5. The van der Waals surface area contributed by atoms with Crippen LogP contribution in [0.3, 0.4) is 0 Å². The summed E-state index contributed by atoms with van der Waals surface area (Å²) in [7, 11) is 2.03. The number of hydrogen-bond donors (Lipinski definition) is 1. The van der Waals surface area contributed by atoms with Crippen molar-refractivity contribution >= 4 is 5.69 Å². The highest BCUT2D eigenvalue weighted by molar-refractivity contribution is 5.33. The van der Waals surface area contributed by atoms with Gasteiger partial charge in [0.25, 0.3) is 11.2 Å². The van der Waals surface area contributed by atoms with E-state index < -0.39 is 4.92 Å². The maximum absolute atomic E-state index is 12.9. The van der Waals surface area contributed by atoms with Gasteiger partial charge in [0, 0.05) is 42.2 Å². The number of aryl methyl sites for hydroxylation is 1. The molecule has 0 amide bonds. The Labute approximate surface area is 161 Å². The molecule has 8 nitrogen and oxygen atoms in total. The van der Waals surface area contributed by atoms with Gasteiger partial charge in [0.2, 0.25) is 0 Å². The zero-order valence-electron chi connectivity index (χ0n) is 15.5. The van der Waals surface area contributed by atoms with Crippen LogP contribution < -0.4 is 5.56 Å². The Morgan fingerprint density at radius 1 is 1.29 bits per heavy atom. The number of nitrogens with zero attached hydrogens (tertiary/aromatic N) is 4. The molecule has 0 radical (unpaired) electrons. The number of aromatic nitrogens is 3. The first-order valence-electron chi connectivity index (χ1n) is 9.20. The van der Waals surface area contributed by atoms with Gasteiger partial charge in [0.1, 0.15) is 0 Å². The Hall–Kier alpha value is -3.26. The molecular weight excluding hydrogens is 358 g/mol. The Balaban J connectivity index is 1.50. The summed E-state index contributed by atoms with van der Waals surface area (Å²) in [5.74, 6) is 0.595. The third-order valence-corrected chi connectivity index (χ3v) is 5.32. The number of nitrogens with one attached hydrogen (secondary N) is 1. The number of likely N-dealkylation sites (N-methyl/N-ethyl adjacent to an activating group) is 1. The van der Waals surface area contributed by atoms with Gasteiger partial charge in [-0.05, 0) is 44.0 Å². The summed E-state index contributed by atoms with van der Waals surface area (Å²) in [6.07, 6.45) is 4.09. The summed E-state index contributed by atoms with van der Waals surface area (Å²) < 4.78 is 1.52. The molecule has 2 aromatic heterocycles. The molecule has 1 aliphatic rings. The van der Waals surface area contributed by atoms with E-state index in [4.69, 9.17) is 0 Å². The fraction of sp³-hybridized carbons (Fsp3) is 0.300. The van der Waals surface area contributed by atoms with Crippen LogP contribution in [0.4, 0.5) is 5.69 Å². The van der Waals surface area contributed by atoms with Crippen LogP contribution in [0.15, 0.2) is 53.5 Å². The summed E-state index contributed by atoms with van der Waals surface area (Å²) in [4.78, 5) is 29.7. The van der Waals surface area contributed by atoms with Crippen molar-refractivity contribution in [1.29, 1.82) is 0 Å². The van der Waals surface area contributed by atoms with Crippen molar-refractivity contribution in [3.63, 3.8) is 0 Å². The van der Waals surface area contributed by atoms with Gasteiger partial charge < -0.3 is 0 Å². The third-order valence-electron chi connectivity index (χ3n) is 5.32. The molecule has 1 N–H and O–H groups in total. The van der Waals surface area contributed by atoms with Gasteiger partial charge in [-0.2, -0.15) is 0 Å². The van der Waals surface area contributed by atoms with Crippen molar-refractivity contribution in [3.8, 4) is 5.82 Å². The lowest BCUT2D eigenvalue weighted by molar-refractivity contribution is -0.384. The fourth-order valence-corrected chi connectivity index (χ4v) is 3.75. The molecule has 2 heterocycles. The molecule has 0 saturated carbocycles. The highest BCUT2D eigenvalue weighted by Crippen LogP contribution is 2.23. The molecule has 3 aromatic rings. The number of aromatic amines is 1. The number of H-pyrrole nitrogens is 1. The molecule has 0 saturated heterocycles. The standard InChI is InChI=1S/C20H21N5O3/c1-23(13-14-5-7-15(8-6-14)25(27)28)16-9-10-18-17(12-16)20(26)24(22-18)19-4-2-3-11-21-19/h2-8,11,16,22H,9-10,12-13H2,1H3. The van der Waals surface area contributed by atoms with Gasteiger partial charge in [-0.1, -0.05) is 18.2 Å². The van der Waals surface area contributed by atoms with Crippen molar-refractivity contribution in [2.24, 2.45) is 0 Å². The number of nitro benzene ring substituents is 1. The topological polar surface area (TPSA) is 97.1 Å². The largest absolute Gasteiger partial charge is 0.299 e. The lowest BCUT2D eigenvalue weighted by Gasteiger charge is -2.30. The maximum Gasteiger partial charge on any atom is 0.276 e. The predicted octanol–water partition coefficient (Wildman–Crippen LogP) is 2.46. The molecule has 8 heteroatoms. The van der Waals surface area contributed by atoms with Gasteiger partial charge in [0.15, 0.2) is 5.82 Å². The van der Waals surface area contributed by atoms with E-state index in [1.165, 1.54) is 16.8 Å². The normalized spacial score (nSPS) is 16.1. The monoisotopic (exact) mass is 379 g/mol. The molecule has 1 atom stereocenters. The smallest absolute Gasteiger partial charge is 0.276 e. The lowest BCUT2D eigenvalue weighted by Crippen LogP contribution is -2.37. The molecule has 28 heavy (non-hydrogen) atoms. The SMILES string of the molecule is CN(Cc1ccc([N+](=O)[O-])cc1)C1CCc2[nH]n(-c3ccccn3)c(=O)c2C1. The molecule has 4 rings (SSSR count). The number of nitro groups is 1. The summed E-state index contributed by atoms with van der Waals surface area (Å²) in [5.41, 5.74) is 2.87. The van der Waals surface area contributed by atoms with Gasteiger partial charge in [0.05, 0.1) is 4.92 Å². The quantitative estimate of drug-likeness (QED) is 0.542. The number of hydrogen-bond acceptors (Lipinski definition) is 5. The van der Waals surface area contributed by atoms with Crippen LogP contribution in [0, 0.1) is 10.1 Å². The van der Waals surface area contributed by atoms with Crippen LogP contribution in [0.25, 0.3) is 5.82 Å².